The molecule has 1 amide bonds. The topological polar surface area (TPSA) is 72.9 Å². The molecular formula is C16H25NO5. The molecule has 2 atom stereocenters. The maximum absolute atomic E-state index is 12.3. The highest BCUT2D eigenvalue weighted by Crippen LogP contribution is 2.27. The van der Waals surface area contributed by atoms with E-state index < -0.39 is 23.6 Å². The highest BCUT2D eigenvalue weighted by atomic mass is 16.6. The molecule has 124 valence electrons. The maximum atomic E-state index is 12.3. The third kappa shape index (κ3) is 4.88. The number of hydrogen-bond donors (Lipinski definition) is 0. The lowest BCUT2D eigenvalue weighted by atomic mass is 9.95. The summed E-state index contributed by atoms with van der Waals surface area (Å²) in [7, 11) is 0. The van der Waals surface area contributed by atoms with Crippen LogP contribution >= 0.6 is 0 Å². The Morgan fingerprint density at radius 1 is 1.32 bits per heavy atom. The maximum Gasteiger partial charge on any atom is 0.410 e. The van der Waals surface area contributed by atoms with Gasteiger partial charge < -0.3 is 14.4 Å². The lowest BCUT2D eigenvalue weighted by Gasteiger charge is -2.30. The summed E-state index contributed by atoms with van der Waals surface area (Å²) in [6.07, 6.45) is 0.565. The van der Waals surface area contributed by atoms with Crippen LogP contribution in [-0.4, -0.2) is 47.7 Å². The number of carbonyl (C=O) groups is 2. The second-order valence-corrected chi connectivity index (χ2v) is 6.47. The smallest absolute Gasteiger partial charge is 0.410 e. The molecule has 0 spiro atoms. The molecule has 0 radical (unpaired) electrons. The van der Waals surface area contributed by atoms with Crippen LogP contribution in [0.25, 0.3) is 0 Å². The quantitative estimate of drug-likeness (QED) is 0.578. The van der Waals surface area contributed by atoms with Crippen LogP contribution in [0, 0.1) is 5.92 Å². The fourth-order valence-electron chi connectivity index (χ4n) is 2.36. The molecule has 1 heterocycles. The molecular weight excluding hydrogens is 286 g/mol. The van der Waals surface area contributed by atoms with Crippen molar-refractivity contribution in [1.82, 2.24) is 4.90 Å². The van der Waals surface area contributed by atoms with E-state index in [1.165, 1.54) is 4.90 Å². The van der Waals surface area contributed by atoms with E-state index in [2.05, 4.69) is 0 Å². The predicted octanol–water partition coefficient (Wildman–Crippen LogP) is 2.34. The van der Waals surface area contributed by atoms with Gasteiger partial charge in [-0.05, 0) is 47.5 Å². The summed E-state index contributed by atoms with van der Waals surface area (Å²) >= 11 is 0. The van der Waals surface area contributed by atoms with Crippen molar-refractivity contribution in [2.75, 3.05) is 13.2 Å². The SMILES string of the molecule is CCOC(=O)C1CCC(C)N(C(=O)OC(C)(C)C)CC1=C=O. The number of amides is 1. The lowest BCUT2D eigenvalue weighted by molar-refractivity contribution is -0.146. The Balaban J connectivity index is 2.94. The van der Waals surface area contributed by atoms with E-state index in [0.717, 1.165) is 0 Å². The summed E-state index contributed by atoms with van der Waals surface area (Å²) in [6.45, 7) is 9.24. The van der Waals surface area contributed by atoms with Gasteiger partial charge in [0.1, 0.15) is 11.5 Å². The number of hydrogen-bond acceptors (Lipinski definition) is 5. The Morgan fingerprint density at radius 3 is 2.45 bits per heavy atom. The molecule has 1 rings (SSSR count). The minimum Gasteiger partial charge on any atom is -0.466 e. The first-order chi connectivity index (χ1) is 10.2. The Labute approximate surface area is 131 Å². The molecule has 6 nitrogen and oxygen atoms in total. The molecule has 0 bridgehead atoms. The number of ether oxygens (including phenoxy) is 2. The average Bonchev–Trinajstić information content (AvgIpc) is 2.56. The van der Waals surface area contributed by atoms with Gasteiger partial charge in [0.15, 0.2) is 0 Å². The van der Waals surface area contributed by atoms with E-state index in [1.54, 1.807) is 27.7 Å². The number of carbonyl (C=O) groups excluding carboxylic acids is 3. The van der Waals surface area contributed by atoms with Crippen LogP contribution in [0.4, 0.5) is 4.79 Å². The molecule has 1 fully saturated rings. The van der Waals surface area contributed by atoms with Crippen molar-refractivity contribution < 1.29 is 23.9 Å². The van der Waals surface area contributed by atoms with Crippen molar-refractivity contribution in [1.29, 1.82) is 0 Å². The first-order valence-corrected chi connectivity index (χ1v) is 7.59. The zero-order valence-electron chi connectivity index (χ0n) is 14.0. The molecule has 0 aromatic heterocycles. The largest absolute Gasteiger partial charge is 0.466 e. The molecule has 22 heavy (non-hydrogen) atoms. The van der Waals surface area contributed by atoms with Gasteiger partial charge in [-0.3, -0.25) is 4.79 Å². The Kier molecular flexibility index (Phi) is 6.18. The zero-order chi connectivity index (χ0) is 16.9. The van der Waals surface area contributed by atoms with E-state index in [0.29, 0.717) is 12.8 Å². The van der Waals surface area contributed by atoms with Gasteiger partial charge in [-0.25, -0.2) is 9.59 Å². The first-order valence-electron chi connectivity index (χ1n) is 7.59. The Hall–Kier alpha value is -1.81. The summed E-state index contributed by atoms with van der Waals surface area (Å²) in [5.41, 5.74) is -0.372. The van der Waals surface area contributed by atoms with E-state index in [1.807, 2.05) is 12.9 Å². The minimum atomic E-state index is -0.632. The highest BCUT2D eigenvalue weighted by Gasteiger charge is 2.35. The Bertz CT molecular complexity index is 473. The number of likely N-dealkylation sites (tertiary alicyclic amines) is 1. The van der Waals surface area contributed by atoms with Crippen LogP contribution in [0.15, 0.2) is 5.57 Å². The van der Waals surface area contributed by atoms with Crippen molar-refractivity contribution in [2.24, 2.45) is 5.92 Å². The molecule has 0 N–H and O–H groups in total. The summed E-state index contributed by atoms with van der Waals surface area (Å²) in [6, 6.07) is -0.127. The summed E-state index contributed by atoms with van der Waals surface area (Å²) in [4.78, 5) is 37.0. The molecule has 0 aromatic carbocycles. The van der Waals surface area contributed by atoms with Crippen LogP contribution in [0.2, 0.25) is 0 Å². The van der Waals surface area contributed by atoms with E-state index >= 15 is 0 Å². The van der Waals surface area contributed by atoms with Gasteiger partial charge in [0.2, 0.25) is 0 Å². The van der Waals surface area contributed by atoms with Gasteiger partial charge in [0.05, 0.1) is 19.1 Å². The standard InChI is InChI=1S/C16H25NO5/c1-6-21-14(19)13-8-7-11(2)17(9-12(13)10-18)15(20)22-16(3,4)5/h11,13H,6-9H2,1-5H3. The van der Waals surface area contributed by atoms with Gasteiger partial charge in [-0.2, -0.15) is 0 Å². The monoisotopic (exact) mass is 311 g/mol. The van der Waals surface area contributed by atoms with Gasteiger partial charge in [0, 0.05) is 11.6 Å². The molecule has 2 unspecified atom stereocenters. The zero-order valence-corrected chi connectivity index (χ0v) is 14.0. The summed E-state index contributed by atoms with van der Waals surface area (Å²) in [5.74, 6) is 0.754. The third-order valence-corrected chi connectivity index (χ3v) is 3.50. The van der Waals surface area contributed by atoms with Crippen LogP contribution in [0.1, 0.15) is 47.5 Å². The van der Waals surface area contributed by atoms with Gasteiger partial charge >= 0.3 is 12.1 Å². The molecule has 0 saturated carbocycles. The lowest BCUT2D eigenvalue weighted by Crippen LogP contribution is -2.42. The molecule has 0 aliphatic carbocycles. The van der Waals surface area contributed by atoms with Crippen LogP contribution in [0.5, 0.6) is 0 Å². The van der Waals surface area contributed by atoms with Crippen LogP contribution in [-0.2, 0) is 19.1 Å². The van der Waals surface area contributed by atoms with Crippen LogP contribution < -0.4 is 0 Å². The molecule has 1 aliphatic heterocycles. The second kappa shape index (κ2) is 7.45. The average molecular weight is 311 g/mol. The first kappa shape index (κ1) is 18.2. The fourth-order valence-corrected chi connectivity index (χ4v) is 2.36. The Morgan fingerprint density at radius 2 is 1.95 bits per heavy atom. The van der Waals surface area contributed by atoms with Crippen molar-refractivity contribution in [3.8, 4) is 0 Å². The van der Waals surface area contributed by atoms with Crippen molar-refractivity contribution in [3.63, 3.8) is 0 Å². The molecule has 0 aromatic rings. The van der Waals surface area contributed by atoms with Gasteiger partial charge in [-0.1, -0.05) is 0 Å². The molecule has 1 aliphatic rings. The number of rotatable bonds is 2. The minimum absolute atomic E-state index is 0.0447. The van der Waals surface area contributed by atoms with Crippen LogP contribution in [0.3, 0.4) is 0 Å². The second-order valence-electron chi connectivity index (χ2n) is 6.47. The summed E-state index contributed by atoms with van der Waals surface area (Å²) in [5, 5.41) is 0. The third-order valence-electron chi connectivity index (χ3n) is 3.50. The number of nitrogens with zero attached hydrogens (tertiary/aromatic N) is 1. The summed E-state index contributed by atoms with van der Waals surface area (Å²) < 4.78 is 10.4. The van der Waals surface area contributed by atoms with E-state index in [9.17, 15) is 14.4 Å². The van der Waals surface area contributed by atoms with Crippen molar-refractivity contribution in [2.45, 2.75) is 59.1 Å². The van der Waals surface area contributed by atoms with Crippen molar-refractivity contribution in [3.05, 3.63) is 5.57 Å². The fraction of sp³-hybridized carbons (Fsp3) is 0.750. The van der Waals surface area contributed by atoms with E-state index in [4.69, 9.17) is 9.47 Å². The highest BCUT2D eigenvalue weighted by molar-refractivity contribution is 5.80. The normalized spacial score (nSPS) is 22.6. The van der Waals surface area contributed by atoms with Gasteiger partial charge in [-0.15, -0.1) is 0 Å². The predicted molar refractivity (Wildman–Crippen MR) is 81.0 cm³/mol. The van der Waals surface area contributed by atoms with Crippen molar-refractivity contribution >= 4 is 18.0 Å². The molecule has 1 saturated heterocycles. The van der Waals surface area contributed by atoms with Gasteiger partial charge in [0.25, 0.3) is 0 Å². The molecule has 6 heteroatoms. The van der Waals surface area contributed by atoms with E-state index in [-0.39, 0.29) is 24.8 Å². The number of esters is 1.